The van der Waals surface area contributed by atoms with Gasteiger partial charge in [-0.05, 0) is 85.0 Å². The van der Waals surface area contributed by atoms with Gasteiger partial charge in [-0.25, -0.2) is 4.98 Å². The molecule has 32 nitrogen and oxygen atoms in total. The van der Waals surface area contributed by atoms with E-state index in [2.05, 4.69) is 62.8 Å². The molecular formula is C67H90N16O16. The van der Waals surface area contributed by atoms with E-state index in [0.29, 0.717) is 28.8 Å². The van der Waals surface area contributed by atoms with E-state index in [9.17, 15) is 77.6 Å². The van der Waals surface area contributed by atoms with Gasteiger partial charge in [-0.2, -0.15) is 0 Å². The summed E-state index contributed by atoms with van der Waals surface area (Å²) in [4.78, 5) is 189. The fourth-order valence-electron chi connectivity index (χ4n) is 11.2. The predicted molar refractivity (Wildman–Crippen MR) is 358 cm³/mol. The number of primary amides is 3. The smallest absolute Gasteiger partial charge is 0.248 e. The first kappa shape index (κ1) is 77.1. The van der Waals surface area contributed by atoms with Crippen LogP contribution in [0.25, 0.3) is 10.9 Å². The van der Waals surface area contributed by atoms with Crippen molar-refractivity contribution in [3.05, 3.63) is 114 Å². The molecule has 3 aromatic carbocycles. The molecule has 1 aliphatic rings. The first-order valence-electron chi connectivity index (χ1n) is 32.5. The third-order valence-electron chi connectivity index (χ3n) is 17.0. The van der Waals surface area contributed by atoms with Crippen LogP contribution in [0.5, 0.6) is 11.5 Å². The molecule has 3 heterocycles. The maximum Gasteiger partial charge on any atom is 0.248 e. The number of phenols is 2. The lowest BCUT2D eigenvalue weighted by Gasteiger charge is -2.32. The molecule has 1 fully saturated rings. The van der Waals surface area contributed by atoms with Gasteiger partial charge < -0.3 is 95.2 Å². The number of nitrogens with two attached hydrogens (primary N) is 3. The average Bonchev–Trinajstić information content (AvgIpc) is 1.74. The highest BCUT2D eigenvalue weighted by Gasteiger charge is 2.42. The molecule has 0 radical (unpaired) electrons. The maximum absolute atomic E-state index is 14.6. The summed E-state index contributed by atoms with van der Waals surface area (Å²) in [7, 11) is 0. The van der Waals surface area contributed by atoms with Gasteiger partial charge in [0, 0.05) is 73.6 Å². The van der Waals surface area contributed by atoms with Gasteiger partial charge in [0.2, 0.25) is 76.8 Å². The molecule has 0 bridgehead atoms. The van der Waals surface area contributed by atoms with Gasteiger partial charge in [0.15, 0.2) is 0 Å². The lowest BCUT2D eigenvalue weighted by molar-refractivity contribution is -0.144. The summed E-state index contributed by atoms with van der Waals surface area (Å²) >= 11 is 0. The molecule has 5 aromatic rings. The van der Waals surface area contributed by atoms with Crippen molar-refractivity contribution in [1.82, 2.24) is 67.7 Å². The number of para-hydroxylation sites is 1. The highest BCUT2D eigenvalue weighted by molar-refractivity contribution is 6.00. The molecular weight excluding hydrogens is 1280 g/mol. The van der Waals surface area contributed by atoms with Crippen molar-refractivity contribution in [2.75, 3.05) is 13.1 Å². The third-order valence-corrected chi connectivity index (χ3v) is 17.0. The standard InChI is InChI=1S/C67H90N16O16/c1-7-35(4)56(58(70)90)81-66(98)55(34(2)3)80-64(96)50(29-53(69)88)79-61(93)46(22-23-52(68)87)76-65(97)51-13-10-24-83(51)67(99)57(37(6)84)82-63(95)48(27-39-16-20-43(86)21-17-39)75-54(89)32-73-60(92)47(26-38-14-18-42(85)19-15-38)78-62(94)49(28-40-30-72-45-12-9-8-11-44(40)45)77-59(91)36(5)25-41-31-71-33-74-41/h8-9,11-12,14-21,30-31,33-37,46-51,55-57,72,84-86H,7,10,13,22-29,32H2,1-6H3,(H2,68,87)(H2,69,88)(H2,70,90)(H,71,74)(H,73,92)(H,75,89)(H,76,97)(H,77,91)(H,78,94)(H,79,93)(H,80,96)(H,81,98)(H,82,95)/t35-,36+,37+,46?,47+,48+,49?,50+,51?,55?,56+,57?/m1/s1. The number of carbonyl (C=O) groups excluding carboxylic acids is 13. The van der Waals surface area contributed by atoms with Gasteiger partial charge in [-0.1, -0.05) is 83.5 Å². The van der Waals surface area contributed by atoms with Crippen LogP contribution in [-0.4, -0.2) is 186 Å². The predicted octanol–water partition coefficient (Wildman–Crippen LogP) is -2.10. The van der Waals surface area contributed by atoms with Crippen LogP contribution in [0.4, 0.5) is 0 Å². The van der Waals surface area contributed by atoms with Gasteiger partial charge in [0.05, 0.1) is 25.4 Å². The Hall–Kier alpha value is -10.9. The summed E-state index contributed by atoms with van der Waals surface area (Å²) in [5.74, 6) is -13.7. The number of hydrogen-bond donors (Lipinski definition) is 17. The summed E-state index contributed by atoms with van der Waals surface area (Å²) in [6.07, 6.45) is 1.68. The zero-order chi connectivity index (χ0) is 72.8. The van der Waals surface area contributed by atoms with Crippen LogP contribution in [0.3, 0.4) is 0 Å². The van der Waals surface area contributed by atoms with E-state index in [4.69, 9.17) is 17.2 Å². The maximum atomic E-state index is 14.6. The van der Waals surface area contributed by atoms with E-state index < -0.39 is 175 Å². The van der Waals surface area contributed by atoms with Crippen LogP contribution in [0.2, 0.25) is 0 Å². The second-order valence-electron chi connectivity index (χ2n) is 25.2. The van der Waals surface area contributed by atoms with E-state index in [-0.39, 0.29) is 62.5 Å². The van der Waals surface area contributed by atoms with Crippen LogP contribution < -0.4 is 65.1 Å². The molecule has 12 atom stereocenters. The van der Waals surface area contributed by atoms with Crippen molar-refractivity contribution in [3.63, 3.8) is 0 Å². The second kappa shape index (κ2) is 36.4. The Bertz CT molecular complexity index is 3670. The van der Waals surface area contributed by atoms with E-state index in [1.165, 1.54) is 61.8 Å². The van der Waals surface area contributed by atoms with Crippen molar-refractivity contribution < 1.29 is 77.6 Å². The van der Waals surface area contributed by atoms with Crippen molar-refractivity contribution in [1.29, 1.82) is 0 Å². The van der Waals surface area contributed by atoms with Crippen LogP contribution >= 0.6 is 0 Å². The van der Waals surface area contributed by atoms with Crippen molar-refractivity contribution >= 4 is 87.7 Å². The Labute approximate surface area is 570 Å². The third kappa shape index (κ3) is 22.9. The van der Waals surface area contributed by atoms with Gasteiger partial charge in [-0.3, -0.25) is 62.3 Å². The van der Waals surface area contributed by atoms with E-state index >= 15 is 0 Å². The largest absolute Gasteiger partial charge is 0.508 e. The number of carbonyl (C=O) groups is 13. The highest BCUT2D eigenvalue weighted by atomic mass is 16.3. The topological polar surface area (TPSA) is 517 Å². The number of aromatic amines is 2. The number of likely N-dealkylation sites (tertiary alicyclic amines) is 1. The highest BCUT2D eigenvalue weighted by Crippen LogP contribution is 2.23. The fraction of sp³-hybridized carbons (Fsp3) is 0.463. The minimum Gasteiger partial charge on any atom is -0.508 e. The van der Waals surface area contributed by atoms with Crippen molar-refractivity contribution in [2.24, 2.45) is 35.0 Å². The lowest BCUT2D eigenvalue weighted by Crippen LogP contribution is -2.62. The molecule has 0 aliphatic carbocycles. The second-order valence-corrected chi connectivity index (χ2v) is 25.2. The summed E-state index contributed by atoms with van der Waals surface area (Å²) in [6, 6.07) is 5.32. The molecule has 1 saturated heterocycles. The van der Waals surface area contributed by atoms with Crippen LogP contribution in [0, 0.1) is 17.8 Å². The zero-order valence-electron chi connectivity index (χ0n) is 55.9. The molecule has 13 amide bonds. The molecule has 6 rings (SSSR count). The van der Waals surface area contributed by atoms with Gasteiger partial charge in [0.1, 0.15) is 65.9 Å². The number of H-pyrrole nitrogens is 2. The number of rotatable bonds is 37. The normalized spacial score (nSPS) is 16.1. The van der Waals surface area contributed by atoms with E-state index in [1.54, 1.807) is 47.0 Å². The first-order valence-corrected chi connectivity index (χ1v) is 32.5. The van der Waals surface area contributed by atoms with E-state index in [0.717, 1.165) is 15.8 Å². The number of benzene rings is 3. The molecule has 99 heavy (non-hydrogen) atoms. The van der Waals surface area contributed by atoms with Gasteiger partial charge in [0.25, 0.3) is 0 Å². The number of nitrogens with one attached hydrogen (secondary N) is 11. The minimum absolute atomic E-state index is 0.0187. The number of imidazole rings is 1. The number of hydrogen-bond acceptors (Lipinski definition) is 17. The van der Waals surface area contributed by atoms with Crippen LogP contribution in [-0.2, 0) is 88.0 Å². The average molecular weight is 1380 g/mol. The SMILES string of the molecule is CC[C@@H](C)[C@H](NC(=O)C(NC(=O)[C@H](CC(N)=O)NC(=O)C(CCC(N)=O)NC(=O)C1CCCN1C(=O)C(NC(=O)[C@H](Cc1ccc(O)cc1)NC(=O)CNC(=O)[C@H](Cc1ccc(O)cc1)NC(=O)C(Cc1c[nH]c2ccccc12)NC(=O)[C@@H](C)Cc1cnc[nH]1)[C@H](C)O)C(C)C)C(N)=O. The number of nitrogens with zero attached hydrogens (tertiary/aromatic N) is 2. The molecule has 0 saturated carbocycles. The Balaban J connectivity index is 1.17. The Morgan fingerprint density at radius 1 is 0.596 bits per heavy atom. The van der Waals surface area contributed by atoms with Crippen molar-refractivity contribution in [2.45, 2.75) is 166 Å². The molecule has 1 aliphatic heterocycles. The monoisotopic (exact) mass is 1370 g/mol. The molecule has 32 heteroatoms. The van der Waals surface area contributed by atoms with E-state index in [1.807, 2.05) is 24.3 Å². The summed E-state index contributed by atoms with van der Waals surface area (Å²) < 4.78 is 0. The van der Waals surface area contributed by atoms with Crippen LogP contribution in [0.1, 0.15) is 102 Å². The summed E-state index contributed by atoms with van der Waals surface area (Å²) in [5.41, 5.74) is 19.5. The summed E-state index contributed by atoms with van der Waals surface area (Å²) in [5, 5.41) is 55.1. The fourth-order valence-corrected chi connectivity index (χ4v) is 11.2. The Morgan fingerprint density at radius 2 is 1.15 bits per heavy atom. The number of fused-ring (bicyclic) bond motifs is 1. The number of aliphatic hydroxyl groups excluding tert-OH is 1. The van der Waals surface area contributed by atoms with Gasteiger partial charge >= 0.3 is 0 Å². The molecule has 0 spiro atoms. The minimum atomic E-state index is -1.81. The first-order chi connectivity index (χ1) is 46.9. The molecule has 5 unspecified atom stereocenters. The number of amides is 13. The van der Waals surface area contributed by atoms with Crippen LogP contribution in [0.15, 0.2) is 91.5 Å². The molecule has 20 N–H and O–H groups in total. The lowest BCUT2D eigenvalue weighted by atomic mass is 9.96. The quantitative estimate of drug-likeness (QED) is 0.0203. The number of aliphatic hydroxyl groups is 1. The van der Waals surface area contributed by atoms with Crippen molar-refractivity contribution in [3.8, 4) is 11.5 Å². The summed E-state index contributed by atoms with van der Waals surface area (Å²) in [6.45, 7) is 8.54. The number of aromatic nitrogens is 3. The number of phenolic OH excluding ortho intramolecular Hbond substituents is 2. The Kier molecular flexibility index (Phi) is 28.4. The Morgan fingerprint density at radius 3 is 1.73 bits per heavy atom. The molecule has 2 aromatic heterocycles. The van der Waals surface area contributed by atoms with Gasteiger partial charge in [-0.15, -0.1) is 0 Å². The molecule has 534 valence electrons. The zero-order valence-corrected chi connectivity index (χ0v) is 55.9. The number of aromatic hydroxyl groups is 2.